The molecule has 1 fully saturated rings. The van der Waals surface area contributed by atoms with E-state index in [4.69, 9.17) is 9.47 Å². The van der Waals surface area contributed by atoms with Crippen LogP contribution in [0.4, 0.5) is 5.69 Å². The average molecular weight is 314 g/mol. The first-order valence-electron chi connectivity index (χ1n) is 7.45. The van der Waals surface area contributed by atoms with Gasteiger partial charge in [-0.15, -0.1) is 0 Å². The highest BCUT2D eigenvalue weighted by molar-refractivity contribution is 6.02. The minimum Gasteiger partial charge on any atom is -0.467 e. The van der Waals surface area contributed by atoms with Gasteiger partial charge in [0.05, 0.1) is 25.3 Å². The fourth-order valence-corrected chi connectivity index (χ4v) is 2.96. The highest BCUT2D eigenvalue weighted by Crippen LogP contribution is 2.30. The third-order valence-electron chi connectivity index (χ3n) is 3.97. The van der Waals surface area contributed by atoms with Crippen LogP contribution in [0.25, 0.3) is 10.9 Å². The molecule has 1 aromatic carbocycles. The number of carbonyl (C=O) groups excluding carboxylic acids is 2. The van der Waals surface area contributed by atoms with Gasteiger partial charge >= 0.3 is 5.97 Å². The number of morpholine rings is 1. The van der Waals surface area contributed by atoms with E-state index in [1.54, 1.807) is 12.3 Å². The van der Waals surface area contributed by atoms with E-state index in [1.807, 2.05) is 25.1 Å². The van der Waals surface area contributed by atoms with Gasteiger partial charge in [-0.3, -0.25) is 9.78 Å². The molecule has 0 unspecified atom stereocenters. The van der Waals surface area contributed by atoms with Crippen molar-refractivity contribution in [1.29, 1.82) is 0 Å². The second kappa shape index (κ2) is 6.34. The number of ether oxygens (including phenoxy) is 2. The molecule has 2 aromatic rings. The van der Waals surface area contributed by atoms with Crippen molar-refractivity contribution in [2.24, 2.45) is 0 Å². The molecule has 2 heterocycles. The molecule has 1 aliphatic rings. The maximum absolute atomic E-state index is 11.8. The summed E-state index contributed by atoms with van der Waals surface area (Å²) in [5, 5.41) is 0.884. The molecule has 0 N–H and O–H groups in total. The Bertz CT molecular complexity index is 746. The van der Waals surface area contributed by atoms with Crippen LogP contribution in [-0.4, -0.2) is 49.6 Å². The van der Waals surface area contributed by atoms with Crippen LogP contribution in [0.1, 0.15) is 17.3 Å². The zero-order valence-electron chi connectivity index (χ0n) is 13.1. The highest BCUT2D eigenvalue weighted by atomic mass is 16.6. The molecule has 6 heteroatoms. The van der Waals surface area contributed by atoms with E-state index in [9.17, 15) is 9.59 Å². The molecule has 6 nitrogen and oxygen atoms in total. The maximum Gasteiger partial charge on any atom is 0.336 e. The number of aromatic nitrogens is 1. The number of carbonyl (C=O) groups is 2. The van der Waals surface area contributed by atoms with Gasteiger partial charge in [-0.1, -0.05) is 0 Å². The van der Waals surface area contributed by atoms with Crippen LogP contribution in [0.3, 0.4) is 0 Å². The van der Waals surface area contributed by atoms with Gasteiger partial charge in [-0.05, 0) is 31.2 Å². The molecule has 0 spiro atoms. The van der Waals surface area contributed by atoms with Gasteiger partial charge in [0, 0.05) is 29.4 Å². The van der Waals surface area contributed by atoms with E-state index >= 15 is 0 Å². The Morgan fingerprint density at radius 1 is 1.39 bits per heavy atom. The largest absolute Gasteiger partial charge is 0.467 e. The number of nitrogens with zero attached hydrogens (tertiary/aromatic N) is 2. The van der Waals surface area contributed by atoms with Gasteiger partial charge in [0.1, 0.15) is 0 Å². The standard InChI is InChI=1S/C17H18N2O4/c1-11-8-19(9-15(23-11)17(21)22-2)14-6-5-12(10-20)16-13(14)4-3-7-18-16/h3-7,10-11,15H,8-9H2,1-2H3/t11-,15-/m1/s1. The summed E-state index contributed by atoms with van der Waals surface area (Å²) in [5.41, 5.74) is 2.15. The second-order valence-corrected chi connectivity index (χ2v) is 5.55. The summed E-state index contributed by atoms with van der Waals surface area (Å²) in [6.07, 6.45) is 1.74. The van der Waals surface area contributed by atoms with Crippen LogP contribution in [0.15, 0.2) is 30.5 Å². The summed E-state index contributed by atoms with van der Waals surface area (Å²) in [6, 6.07) is 7.41. The first kappa shape index (κ1) is 15.4. The monoisotopic (exact) mass is 314 g/mol. The van der Waals surface area contributed by atoms with E-state index in [2.05, 4.69) is 9.88 Å². The van der Waals surface area contributed by atoms with Crippen molar-refractivity contribution in [1.82, 2.24) is 4.98 Å². The van der Waals surface area contributed by atoms with Crippen molar-refractivity contribution in [3.8, 4) is 0 Å². The lowest BCUT2D eigenvalue weighted by Gasteiger charge is -2.37. The molecular formula is C17H18N2O4. The van der Waals surface area contributed by atoms with E-state index in [0.717, 1.165) is 17.4 Å². The number of pyridine rings is 1. The SMILES string of the molecule is COC(=O)[C@H]1CN(c2ccc(C=O)c3ncccc23)C[C@@H](C)O1. The Balaban J connectivity index is 2.02. The van der Waals surface area contributed by atoms with Crippen molar-refractivity contribution in [3.63, 3.8) is 0 Å². The topological polar surface area (TPSA) is 68.7 Å². The van der Waals surface area contributed by atoms with Crippen LogP contribution in [0.5, 0.6) is 0 Å². The summed E-state index contributed by atoms with van der Waals surface area (Å²) in [5.74, 6) is -0.381. The van der Waals surface area contributed by atoms with Crippen LogP contribution in [0.2, 0.25) is 0 Å². The van der Waals surface area contributed by atoms with Gasteiger partial charge in [0.15, 0.2) is 12.4 Å². The zero-order chi connectivity index (χ0) is 16.4. The Hall–Kier alpha value is -2.47. The molecule has 0 aliphatic carbocycles. The molecule has 2 atom stereocenters. The molecular weight excluding hydrogens is 296 g/mol. The van der Waals surface area contributed by atoms with Crippen molar-refractivity contribution in [2.75, 3.05) is 25.1 Å². The Morgan fingerprint density at radius 2 is 2.22 bits per heavy atom. The van der Waals surface area contributed by atoms with Crippen molar-refractivity contribution in [3.05, 3.63) is 36.0 Å². The predicted molar refractivity (Wildman–Crippen MR) is 85.7 cm³/mol. The van der Waals surface area contributed by atoms with Gasteiger partial charge in [0.25, 0.3) is 0 Å². The van der Waals surface area contributed by atoms with E-state index in [0.29, 0.717) is 24.2 Å². The highest BCUT2D eigenvalue weighted by Gasteiger charge is 2.32. The number of methoxy groups -OCH3 is 1. The number of benzene rings is 1. The van der Waals surface area contributed by atoms with E-state index < -0.39 is 6.10 Å². The number of anilines is 1. The smallest absolute Gasteiger partial charge is 0.336 e. The first-order chi connectivity index (χ1) is 11.1. The maximum atomic E-state index is 11.8. The molecule has 23 heavy (non-hydrogen) atoms. The quantitative estimate of drug-likeness (QED) is 0.636. The number of aldehydes is 1. The fraction of sp³-hybridized carbons (Fsp3) is 0.353. The fourth-order valence-electron chi connectivity index (χ4n) is 2.96. The Labute approximate surface area is 134 Å². The summed E-state index contributed by atoms with van der Waals surface area (Å²) in [6.45, 7) is 2.97. The minimum atomic E-state index is -0.624. The van der Waals surface area contributed by atoms with E-state index in [-0.39, 0.29) is 12.1 Å². The molecule has 1 saturated heterocycles. The molecule has 0 amide bonds. The van der Waals surface area contributed by atoms with Crippen molar-refractivity contribution in [2.45, 2.75) is 19.1 Å². The molecule has 0 bridgehead atoms. The van der Waals surface area contributed by atoms with Gasteiger partial charge in [0.2, 0.25) is 0 Å². The number of hydrogen-bond donors (Lipinski definition) is 0. The second-order valence-electron chi connectivity index (χ2n) is 5.55. The van der Waals surface area contributed by atoms with Gasteiger partial charge < -0.3 is 14.4 Å². The minimum absolute atomic E-state index is 0.106. The third kappa shape index (κ3) is 2.90. The van der Waals surface area contributed by atoms with Crippen LogP contribution >= 0.6 is 0 Å². The van der Waals surface area contributed by atoms with Crippen molar-refractivity contribution < 1.29 is 19.1 Å². The predicted octanol–water partition coefficient (Wildman–Crippen LogP) is 1.81. The average Bonchev–Trinajstić information content (AvgIpc) is 2.59. The molecule has 1 aromatic heterocycles. The van der Waals surface area contributed by atoms with Crippen LogP contribution < -0.4 is 4.90 Å². The summed E-state index contributed by atoms with van der Waals surface area (Å²) < 4.78 is 10.5. The lowest BCUT2D eigenvalue weighted by molar-refractivity contribution is -0.158. The normalized spacial score (nSPS) is 21.2. The summed E-state index contributed by atoms with van der Waals surface area (Å²) in [7, 11) is 1.35. The Kier molecular flexibility index (Phi) is 4.25. The lowest BCUT2D eigenvalue weighted by Crippen LogP contribution is -2.50. The van der Waals surface area contributed by atoms with Gasteiger partial charge in [-0.2, -0.15) is 0 Å². The Morgan fingerprint density at radius 3 is 2.96 bits per heavy atom. The van der Waals surface area contributed by atoms with Gasteiger partial charge in [-0.25, -0.2) is 4.79 Å². The molecule has 0 saturated carbocycles. The number of esters is 1. The lowest BCUT2D eigenvalue weighted by atomic mass is 10.1. The van der Waals surface area contributed by atoms with Crippen molar-refractivity contribution >= 4 is 28.8 Å². The van der Waals surface area contributed by atoms with Crippen LogP contribution in [-0.2, 0) is 14.3 Å². The van der Waals surface area contributed by atoms with E-state index in [1.165, 1.54) is 7.11 Å². The number of hydrogen-bond acceptors (Lipinski definition) is 6. The molecule has 1 aliphatic heterocycles. The molecule has 0 radical (unpaired) electrons. The first-order valence-corrected chi connectivity index (χ1v) is 7.45. The molecule has 120 valence electrons. The van der Waals surface area contributed by atoms with Crippen LogP contribution in [0, 0.1) is 0 Å². The summed E-state index contributed by atoms with van der Waals surface area (Å²) in [4.78, 5) is 29.4. The number of fused-ring (bicyclic) bond motifs is 1. The zero-order valence-corrected chi connectivity index (χ0v) is 13.1. The third-order valence-corrected chi connectivity index (χ3v) is 3.97. The molecule has 3 rings (SSSR count). The summed E-state index contributed by atoms with van der Waals surface area (Å²) >= 11 is 0. The number of rotatable bonds is 3.